The average molecular weight is 614 g/mol. The monoisotopic (exact) mass is 614 g/mol. The number of hydrogen-bond acceptors (Lipinski definition) is 2. The van der Waals surface area contributed by atoms with Crippen LogP contribution in [0, 0.1) is 0 Å². The predicted molar refractivity (Wildman–Crippen MR) is 20.2 cm³/mol. The van der Waals surface area contributed by atoms with E-state index in [1.165, 1.54) is 14.1 Å². The van der Waals surface area contributed by atoms with E-state index >= 15 is 0 Å². The molecule has 0 radical (unpaired) electrons. The number of hydrogen-bond donors (Lipinski definition) is 2. The summed E-state index contributed by atoms with van der Waals surface area (Å²) in [6.45, 7) is 0. The quantitative estimate of drug-likeness (QED) is 0.374. The standard InChI is InChI=1S/2CH5N.3W/c2*1-2;;;/h2*2H2,1H3;;;. The van der Waals surface area contributed by atoms with Crippen molar-refractivity contribution in [2.75, 3.05) is 14.1 Å². The van der Waals surface area contributed by atoms with Crippen molar-refractivity contribution in [1.29, 1.82) is 0 Å². The first kappa shape index (κ1) is 36.1. The van der Waals surface area contributed by atoms with Crippen LogP contribution in [0.1, 0.15) is 0 Å². The molecule has 0 aromatic heterocycles. The van der Waals surface area contributed by atoms with E-state index < -0.39 is 0 Å². The normalized spacial score (nSPS) is 1.71. The second-order valence-corrected chi connectivity index (χ2v) is 0. The van der Waals surface area contributed by atoms with E-state index in [1.807, 2.05) is 0 Å². The molecule has 0 heterocycles. The smallest absolute Gasteiger partial charge is 0 e. The molecule has 7 heavy (non-hydrogen) atoms. The van der Waals surface area contributed by atoms with Crippen LogP contribution in [0.2, 0.25) is 0 Å². The summed E-state index contributed by atoms with van der Waals surface area (Å²) in [5, 5.41) is 0. The molecule has 0 fully saturated rings. The Morgan fingerprint density at radius 2 is 0.571 bits per heavy atom. The minimum absolute atomic E-state index is 0. The fraction of sp³-hybridized carbons (Fsp3) is 1.00. The van der Waals surface area contributed by atoms with Gasteiger partial charge in [0.15, 0.2) is 0 Å². The van der Waals surface area contributed by atoms with Crippen LogP contribution in [0.4, 0.5) is 0 Å². The number of nitrogens with two attached hydrogens (primary N) is 2. The van der Waals surface area contributed by atoms with E-state index in [4.69, 9.17) is 0 Å². The van der Waals surface area contributed by atoms with E-state index in [-0.39, 0.29) is 63.2 Å². The molecule has 0 aliphatic heterocycles. The van der Waals surface area contributed by atoms with Crippen molar-refractivity contribution >= 4 is 0 Å². The van der Waals surface area contributed by atoms with Gasteiger partial charge in [0.25, 0.3) is 0 Å². The molecule has 0 aromatic carbocycles. The Kier molecular flexibility index (Phi) is 510. The molecule has 0 saturated carbocycles. The van der Waals surface area contributed by atoms with Gasteiger partial charge in [-0.3, -0.25) is 0 Å². The first-order valence-electron chi connectivity index (χ1n) is 1.15. The molecule has 0 aromatic rings. The predicted octanol–water partition coefficient (Wildman–Crippen LogP) is -0.858. The summed E-state index contributed by atoms with van der Waals surface area (Å²) in [6.07, 6.45) is 0. The first-order chi connectivity index (χ1) is 2.00. The molecule has 0 amide bonds. The van der Waals surface area contributed by atoms with Gasteiger partial charge in [-0.05, 0) is 14.1 Å². The molecular formula is C2H10N2W3. The molecule has 0 bridgehead atoms. The summed E-state index contributed by atoms with van der Waals surface area (Å²) >= 11 is 0. The molecule has 2 nitrogen and oxygen atoms in total. The Morgan fingerprint density at radius 1 is 0.571 bits per heavy atom. The zero-order valence-corrected chi connectivity index (χ0v) is 13.2. The van der Waals surface area contributed by atoms with Gasteiger partial charge in [-0.15, -0.1) is 0 Å². The van der Waals surface area contributed by atoms with Gasteiger partial charge in [-0.25, -0.2) is 0 Å². The minimum Gasteiger partial charge on any atom is -0.333 e. The molecule has 4 N–H and O–H groups in total. The average Bonchev–Trinajstić information content (AvgIpc) is 1.50. The van der Waals surface area contributed by atoms with Crippen LogP contribution in [-0.4, -0.2) is 14.1 Å². The van der Waals surface area contributed by atoms with Crippen LogP contribution in [-0.2, 0) is 63.2 Å². The van der Waals surface area contributed by atoms with Gasteiger partial charge in [0, 0.05) is 63.2 Å². The maximum absolute atomic E-state index is 4.50. The Morgan fingerprint density at radius 3 is 0.571 bits per heavy atom. The van der Waals surface area contributed by atoms with Gasteiger partial charge in [-0.1, -0.05) is 0 Å². The van der Waals surface area contributed by atoms with Crippen molar-refractivity contribution < 1.29 is 63.2 Å². The van der Waals surface area contributed by atoms with Gasteiger partial charge in [0.2, 0.25) is 0 Å². The van der Waals surface area contributed by atoms with E-state index in [9.17, 15) is 0 Å². The third kappa shape index (κ3) is 72.6. The molecule has 0 spiro atoms. The Bertz CT molecular complexity index is 10.9. The van der Waals surface area contributed by atoms with Crippen LogP contribution in [0.5, 0.6) is 0 Å². The van der Waals surface area contributed by atoms with Crippen molar-refractivity contribution in [1.82, 2.24) is 0 Å². The maximum atomic E-state index is 4.50. The summed E-state index contributed by atoms with van der Waals surface area (Å²) < 4.78 is 0. The zero-order chi connectivity index (χ0) is 4.00. The minimum atomic E-state index is 0. The molecular weight excluding hydrogens is 604 g/mol. The van der Waals surface area contributed by atoms with E-state index in [0.717, 1.165) is 0 Å². The summed E-state index contributed by atoms with van der Waals surface area (Å²) in [4.78, 5) is 0. The van der Waals surface area contributed by atoms with E-state index in [0.29, 0.717) is 0 Å². The number of rotatable bonds is 0. The van der Waals surface area contributed by atoms with Crippen LogP contribution < -0.4 is 11.5 Å². The summed E-state index contributed by atoms with van der Waals surface area (Å²) in [6, 6.07) is 0. The van der Waals surface area contributed by atoms with Gasteiger partial charge in [-0.2, -0.15) is 0 Å². The largest absolute Gasteiger partial charge is 0.333 e. The SMILES string of the molecule is CN.CN.[W].[W].[W]. The Labute approximate surface area is 88.0 Å². The Hall–Kier alpha value is 1.98. The van der Waals surface area contributed by atoms with Crippen molar-refractivity contribution in [3.05, 3.63) is 0 Å². The van der Waals surface area contributed by atoms with Crippen molar-refractivity contribution in [3.63, 3.8) is 0 Å². The molecule has 0 saturated heterocycles. The molecule has 0 unspecified atom stereocenters. The van der Waals surface area contributed by atoms with Gasteiger partial charge >= 0.3 is 0 Å². The molecule has 0 rings (SSSR count). The molecule has 0 aliphatic carbocycles. The third-order valence-corrected chi connectivity index (χ3v) is 0. The first-order valence-corrected chi connectivity index (χ1v) is 1.15. The zero-order valence-electron chi connectivity index (χ0n) is 4.38. The van der Waals surface area contributed by atoms with Crippen LogP contribution in [0.15, 0.2) is 0 Å². The topological polar surface area (TPSA) is 52.0 Å². The van der Waals surface area contributed by atoms with Gasteiger partial charge in [0.1, 0.15) is 0 Å². The van der Waals surface area contributed by atoms with Crippen molar-refractivity contribution in [3.8, 4) is 0 Å². The fourth-order valence-corrected chi connectivity index (χ4v) is 0. The second kappa shape index (κ2) is 98.9. The second-order valence-electron chi connectivity index (χ2n) is 0. The van der Waals surface area contributed by atoms with Crippen molar-refractivity contribution in [2.24, 2.45) is 11.5 Å². The molecule has 0 aliphatic rings. The van der Waals surface area contributed by atoms with Crippen molar-refractivity contribution in [2.45, 2.75) is 0 Å². The summed E-state index contributed by atoms with van der Waals surface area (Å²) in [5.41, 5.74) is 9.00. The van der Waals surface area contributed by atoms with Crippen LogP contribution in [0.25, 0.3) is 0 Å². The van der Waals surface area contributed by atoms with E-state index in [2.05, 4.69) is 11.5 Å². The van der Waals surface area contributed by atoms with Gasteiger partial charge in [0.05, 0.1) is 0 Å². The maximum Gasteiger partial charge on any atom is 0 e. The molecule has 5 heteroatoms. The summed E-state index contributed by atoms with van der Waals surface area (Å²) in [5.74, 6) is 0. The van der Waals surface area contributed by atoms with Crippen LogP contribution in [0.3, 0.4) is 0 Å². The Balaban J connectivity index is -0.00000000267. The van der Waals surface area contributed by atoms with Gasteiger partial charge < -0.3 is 11.5 Å². The molecule has 46 valence electrons. The van der Waals surface area contributed by atoms with Crippen LogP contribution >= 0.6 is 0 Å². The summed E-state index contributed by atoms with van der Waals surface area (Å²) in [7, 11) is 3.00. The third-order valence-electron chi connectivity index (χ3n) is 0. The fourth-order valence-electron chi connectivity index (χ4n) is 0. The molecule has 0 atom stereocenters. The van der Waals surface area contributed by atoms with E-state index in [1.54, 1.807) is 0 Å².